The number of nitrogen functional groups attached to an aromatic ring is 1. The molecule has 0 saturated heterocycles. The number of nitro benzene ring substituents is 1. The highest BCUT2D eigenvalue weighted by atomic mass is 32.1. The molecule has 1 aromatic rings. The van der Waals surface area contributed by atoms with Crippen molar-refractivity contribution in [2.45, 2.75) is 4.90 Å². The summed E-state index contributed by atoms with van der Waals surface area (Å²) in [5.74, 6) is 0. The maximum absolute atomic E-state index is 10.3. The first-order valence-electron chi connectivity index (χ1n) is 3.04. The molecule has 0 aliphatic rings. The Bertz CT molecular complexity index is 343. The average Bonchev–Trinajstić information content (AvgIpc) is 1.96. The lowest BCUT2D eigenvalue weighted by Gasteiger charge is -2.01. The van der Waals surface area contributed by atoms with E-state index in [9.17, 15) is 10.1 Å². The van der Waals surface area contributed by atoms with Gasteiger partial charge in [-0.3, -0.25) is 10.1 Å². The molecule has 2 radical (unpaired) electrons. The molecule has 0 aromatic heterocycles. The Kier molecular flexibility index (Phi) is 2.28. The number of rotatable bonds is 1. The lowest BCUT2D eigenvalue weighted by molar-refractivity contribution is -0.383. The van der Waals surface area contributed by atoms with Gasteiger partial charge in [-0.2, -0.15) is 0 Å². The Hall–Kier alpha value is -1.17. The number of hydrogen-bond acceptors (Lipinski definition) is 4. The minimum Gasteiger partial charge on any atom is -0.393 e. The number of nitrogens with zero attached hydrogens (tertiary/aromatic N) is 1. The minimum atomic E-state index is -0.584. The van der Waals surface area contributed by atoms with E-state index in [4.69, 9.17) is 13.6 Å². The molecule has 0 atom stereocenters. The summed E-state index contributed by atoms with van der Waals surface area (Å²) in [5.41, 5.74) is 5.47. The topological polar surface area (TPSA) is 69.2 Å². The number of hydrogen-bond donors (Lipinski definition) is 2. The van der Waals surface area contributed by atoms with Crippen LogP contribution < -0.4 is 11.2 Å². The zero-order valence-corrected chi connectivity index (χ0v) is 6.91. The molecule has 1 aromatic carbocycles. The van der Waals surface area contributed by atoms with E-state index in [0.29, 0.717) is 4.90 Å². The zero-order chi connectivity index (χ0) is 9.30. The second-order valence-electron chi connectivity index (χ2n) is 2.23. The molecule has 0 unspecified atom stereocenters. The van der Waals surface area contributed by atoms with Gasteiger partial charge in [0.15, 0.2) is 0 Å². The fraction of sp³-hybridized carbons (Fsp3) is 0. The van der Waals surface area contributed by atoms with Crippen molar-refractivity contribution in [2.24, 2.45) is 0 Å². The van der Waals surface area contributed by atoms with Crippen molar-refractivity contribution in [2.75, 3.05) is 5.73 Å². The van der Waals surface area contributed by atoms with E-state index in [2.05, 4.69) is 12.6 Å². The second-order valence-corrected chi connectivity index (χ2v) is 2.71. The van der Waals surface area contributed by atoms with Gasteiger partial charge in [-0.05, 0) is 11.0 Å². The summed E-state index contributed by atoms with van der Waals surface area (Å²) in [6, 6.07) is 2.55. The van der Waals surface area contributed by atoms with Gasteiger partial charge in [-0.15, -0.1) is 12.6 Å². The van der Waals surface area contributed by atoms with Crippen LogP contribution in [0.4, 0.5) is 11.4 Å². The van der Waals surface area contributed by atoms with E-state index in [-0.39, 0.29) is 16.8 Å². The molecule has 1 rings (SSSR count). The van der Waals surface area contributed by atoms with Crippen molar-refractivity contribution in [3.8, 4) is 0 Å². The Labute approximate surface area is 75.7 Å². The van der Waals surface area contributed by atoms with Crippen LogP contribution in [0.25, 0.3) is 0 Å². The molecule has 6 heteroatoms. The third-order valence-electron chi connectivity index (χ3n) is 1.37. The molecule has 2 N–H and O–H groups in total. The second kappa shape index (κ2) is 3.06. The third-order valence-corrected chi connectivity index (χ3v) is 1.76. The third kappa shape index (κ3) is 1.53. The molecule has 0 heterocycles. The predicted octanol–water partition coefficient (Wildman–Crippen LogP) is 0.260. The summed E-state index contributed by atoms with van der Waals surface area (Å²) >= 11 is 3.96. The van der Waals surface area contributed by atoms with E-state index in [1.54, 1.807) is 0 Å². The van der Waals surface area contributed by atoms with Crippen molar-refractivity contribution < 1.29 is 4.92 Å². The number of nitro groups is 1. The normalized spacial score (nSPS) is 9.75. The first-order valence-corrected chi connectivity index (χ1v) is 3.49. The molecular weight excluding hydrogens is 175 g/mol. The summed E-state index contributed by atoms with van der Waals surface area (Å²) in [7, 11) is 5.39. The van der Waals surface area contributed by atoms with Crippen LogP contribution in [0.15, 0.2) is 17.0 Å². The molecule has 0 bridgehead atoms. The average molecular weight is 180 g/mol. The van der Waals surface area contributed by atoms with Crippen LogP contribution in [0, 0.1) is 10.1 Å². The van der Waals surface area contributed by atoms with Gasteiger partial charge in [-0.1, -0.05) is 5.46 Å². The fourth-order valence-corrected chi connectivity index (χ4v) is 0.971. The summed E-state index contributed by atoms with van der Waals surface area (Å²) in [4.78, 5) is 10.2. The maximum Gasteiger partial charge on any atom is 0.291 e. The molecule has 4 nitrogen and oxygen atoms in total. The number of thiol groups is 1. The SMILES string of the molecule is [B]c1cc([N+](=O)[O-])c(N)cc1S. The van der Waals surface area contributed by atoms with Gasteiger partial charge in [0, 0.05) is 6.07 Å². The monoisotopic (exact) mass is 180 g/mol. The zero-order valence-electron chi connectivity index (χ0n) is 6.02. The highest BCUT2D eigenvalue weighted by Crippen LogP contribution is 2.21. The van der Waals surface area contributed by atoms with Crippen LogP contribution in [0.3, 0.4) is 0 Å². The molecule has 0 aliphatic heterocycles. The van der Waals surface area contributed by atoms with Gasteiger partial charge >= 0.3 is 0 Å². The van der Waals surface area contributed by atoms with Gasteiger partial charge < -0.3 is 5.73 Å². The van der Waals surface area contributed by atoms with Crippen molar-refractivity contribution in [3.63, 3.8) is 0 Å². The molecule has 0 fully saturated rings. The molecule has 0 saturated carbocycles. The van der Waals surface area contributed by atoms with E-state index in [1.165, 1.54) is 12.1 Å². The molecule has 60 valence electrons. The summed E-state index contributed by atoms with van der Waals surface area (Å²) in [5, 5.41) is 10.3. The van der Waals surface area contributed by atoms with Crippen molar-refractivity contribution >= 4 is 37.3 Å². The number of benzene rings is 1. The van der Waals surface area contributed by atoms with E-state index < -0.39 is 4.92 Å². The molecule has 0 amide bonds. The minimum absolute atomic E-state index is 0.0687. The first kappa shape index (κ1) is 8.93. The van der Waals surface area contributed by atoms with Gasteiger partial charge in [0.2, 0.25) is 0 Å². The van der Waals surface area contributed by atoms with Gasteiger partial charge in [-0.25, -0.2) is 0 Å². The first-order chi connectivity index (χ1) is 5.52. The largest absolute Gasteiger partial charge is 0.393 e. The van der Waals surface area contributed by atoms with Crippen LogP contribution in [0.5, 0.6) is 0 Å². The molecule has 0 spiro atoms. The maximum atomic E-state index is 10.3. The Balaban J connectivity index is 3.33. The number of nitrogens with two attached hydrogens (primary N) is 1. The lowest BCUT2D eigenvalue weighted by atomic mass is 9.95. The molecule has 12 heavy (non-hydrogen) atoms. The van der Waals surface area contributed by atoms with E-state index in [1.807, 2.05) is 0 Å². The Morgan fingerprint density at radius 2 is 2.17 bits per heavy atom. The van der Waals surface area contributed by atoms with Crippen LogP contribution in [-0.4, -0.2) is 12.8 Å². The number of anilines is 1. The molecular formula is C6H5BN2O2S. The van der Waals surface area contributed by atoms with Crippen molar-refractivity contribution in [1.29, 1.82) is 0 Å². The van der Waals surface area contributed by atoms with E-state index >= 15 is 0 Å². The quantitative estimate of drug-likeness (QED) is 0.214. The van der Waals surface area contributed by atoms with Crippen molar-refractivity contribution in [1.82, 2.24) is 0 Å². The summed E-state index contributed by atoms with van der Waals surface area (Å²) in [6.45, 7) is 0. The van der Waals surface area contributed by atoms with Gasteiger partial charge in [0.25, 0.3) is 5.69 Å². The highest BCUT2D eigenvalue weighted by Gasteiger charge is 2.11. The predicted molar refractivity (Wildman–Crippen MR) is 50.1 cm³/mol. The Morgan fingerprint density at radius 3 is 2.67 bits per heavy atom. The highest BCUT2D eigenvalue weighted by molar-refractivity contribution is 7.80. The molecule has 0 aliphatic carbocycles. The van der Waals surface area contributed by atoms with Crippen LogP contribution >= 0.6 is 12.6 Å². The van der Waals surface area contributed by atoms with Crippen LogP contribution in [-0.2, 0) is 0 Å². The van der Waals surface area contributed by atoms with Gasteiger partial charge in [0.05, 0.1) is 4.92 Å². The summed E-state index contributed by atoms with van der Waals surface area (Å²) < 4.78 is 0. The van der Waals surface area contributed by atoms with E-state index in [0.717, 1.165) is 0 Å². The van der Waals surface area contributed by atoms with Crippen LogP contribution in [0.1, 0.15) is 0 Å². The fourth-order valence-electron chi connectivity index (χ4n) is 0.767. The Morgan fingerprint density at radius 1 is 1.58 bits per heavy atom. The smallest absolute Gasteiger partial charge is 0.291 e. The van der Waals surface area contributed by atoms with Crippen LogP contribution in [0.2, 0.25) is 0 Å². The standard InChI is InChI=1S/C6H5BN2O2S/c7-3-1-5(9(10)11)4(8)2-6(3)12/h1-2,12H,8H2. The van der Waals surface area contributed by atoms with Crippen molar-refractivity contribution in [3.05, 3.63) is 22.2 Å². The van der Waals surface area contributed by atoms with Gasteiger partial charge in [0.1, 0.15) is 13.5 Å². The summed E-state index contributed by atoms with van der Waals surface area (Å²) in [6.07, 6.45) is 0. The lowest BCUT2D eigenvalue weighted by Crippen LogP contribution is -2.08.